The Bertz CT molecular complexity index is 1090. The monoisotopic (exact) mass is 472 g/mol. The zero-order valence-corrected chi connectivity index (χ0v) is 19.4. The third kappa shape index (κ3) is 6.11. The number of fused-ring (bicyclic) bond motifs is 3. The molecule has 3 aromatic rings. The summed E-state index contributed by atoms with van der Waals surface area (Å²) in [7, 11) is 0. The maximum Gasteiger partial charge on any atom is 0.220 e. The van der Waals surface area contributed by atoms with Crippen molar-refractivity contribution in [3.05, 3.63) is 75.8 Å². The molecule has 0 saturated carbocycles. The molecular formula is C24H26ClFN4OS. The van der Waals surface area contributed by atoms with Gasteiger partial charge in [-0.3, -0.25) is 4.79 Å². The molecule has 2 aromatic carbocycles. The standard InChI is InChI=1S/C24H26ClFN4OS/c25-21-15-20(26)9-8-19(21)16-32-24-29-28-22-6-1-2-7-23(31)27-12-10-17-4-3-5-18(14-17)11-13-30(22)24/h3-5,8-9,14-15H,1-2,6-7,10-13,16H2,(H,27,31). The van der Waals surface area contributed by atoms with Crippen molar-refractivity contribution >= 4 is 29.3 Å². The number of nitrogens with zero attached hydrogens (tertiary/aromatic N) is 3. The van der Waals surface area contributed by atoms with Crippen molar-refractivity contribution in [1.29, 1.82) is 0 Å². The number of hydrogen-bond donors (Lipinski definition) is 1. The first-order valence-corrected chi connectivity index (χ1v) is 12.3. The quantitative estimate of drug-likeness (QED) is 0.545. The van der Waals surface area contributed by atoms with E-state index in [2.05, 4.69) is 44.3 Å². The van der Waals surface area contributed by atoms with Gasteiger partial charge in [-0.05, 0) is 54.5 Å². The molecule has 4 rings (SSSR count). The summed E-state index contributed by atoms with van der Waals surface area (Å²) in [5.41, 5.74) is 3.34. The molecular weight excluding hydrogens is 447 g/mol. The van der Waals surface area contributed by atoms with E-state index >= 15 is 0 Å². The van der Waals surface area contributed by atoms with E-state index in [4.69, 9.17) is 11.6 Å². The molecule has 0 atom stereocenters. The van der Waals surface area contributed by atoms with Gasteiger partial charge < -0.3 is 9.88 Å². The highest BCUT2D eigenvalue weighted by molar-refractivity contribution is 7.98. The van der Waals surface area contributed by atoms with Crippen LogP contribution >= 0.6 is 23.4 Å². The number of nitrogens with one attached hydrogen (secondary N) is 1. The Kier molecular flexibility index (Phi) is 7.81. The molecule has 1 N–H and O–H groups in total. The Balaban J connectivity index is 1.53. The second-order valence-corrected chi connectivity index (χ2v) is 9.30. The molecule has 0 saturated heterocycles. The molecule has 1 aliphatic heterocycles. The molecule has 2 heterocycles. The molecule has 0 radical (unpaired) electrons. The van der Waals surface area contributed by atoms with Gasteiger partial charge in [0.05, 0.1) is 0 Å². The van der Waals surface area contributed by atoms with Gasteiger partial charge in [-0.2, -0.15) is 0 Å². The lowest BCUT2D eigenvalue weighted by Gasteiger charge is -2.11. The Morgan fingerprint density at radius 2 is 1.84 bits per heavy atom. The summed E-state index contributed by atoms with van der Waals surface area (Å²) in [6.07, 6.45) is 4.71. The number of carbonyl (C=O) groups excluding carboxylic acids is 1. The van der Waals surface area contributed by atoms with Gasteiger partial charge in [0.15, 0.2) is 5.16 Å². The van der Waals surface area contributed by atoms with Gasteiger partial charge in [-0.15, -0.1) is 10.2 Å². The normalized spacial score (nSPS) is 15.4. The average Bonchev–Trinajstić information content (AvgIpc) is 3.16. The van der Waals surface area contributed by atoms with E-state index in [1.54, 1.807) is 17.8 Å². The minimum absolute atomic E-state index is 0.102. The largest absolute Gasteiger partial charge is 0.356 e. The first-order chi connectivity index (χ1) is 15.6. The van der Waals surface area contributed by atoms with Crippen LogP contribution in [-0.2, 0) is 36.4 Å². The van der Waals surface area contributed by atoms with Crippen LogP contribution in [0.3, 0.4) is 0 Å². The molecule has 168 valence electrons. The van der Waals surface area contributed by atoms with Crippen LogP contribution in [-0.4, -0.2) is 27.2 Å². The summed E-state index contributed by atoms with van der Waals surface area (Å²) in [4.78, 5) is 12.1. The minimum atomic E-state index is -0.339. The zero-order chi connectivity index (χ0) is 22.3. The van der Waals surface area contributed by atoms with Gasteiger partial charge in [-0.1, -0.05) is 53.7 Å². The van der Waals surface area contributed by atoms with Crippen molar-refractivity contribution in [1.82, 2.24) is 20.1 Å². The van der Waals surface area contributed by atoms with Crippen LogP contribution in [0.1, 0.15) is 41.8 Å². The van der Waals surface area contributed by atoms with E-state index in [1.807, 2.05) is 0 Å². The van der Waals surface area contributed by atoms with Crippen LogP contribution in [0.15, 0.2) is 47.6 Å². The van der Waals surface area contributed by atoms with Crippen LogP contribution in [0.25, 0.3) is 0 Å². The van der Waals surface area contributed by atoms with Crippen molar-refractivity contribution in [2.45, 2.75) is 56.0 Å². The first-order valence-electron chi connectivity index (χ1n) is 10.9. The highest BCUT2D eigenvalue weighted by Crippen LogP contribution is 2.27. The molecule has 5 nitrogen and oxygen atoms in total. The molecule has 8 heteroatoms. The van der Waals surface area contributed by atoms with Crippen molar-refractivity contribution in [3.8, 4) is 0 Å². The van der Waals surface area contributed by atoms with Gasteiger partial charge in [0, 0.05) is 36.7 Å². The van der Waals surface area contributed by atoms with Gasteiger partial charge >= 0.3 is 0 Å². The zero-order valence-electron chi connectivity index (χ0n) is 17.8. The Hall–Kier alpha value is -2.38. The summed E-state index contributed by atoms with van der Waals surface area (Å²) < 4.78 is 15.5. The Morgan fingerprint density at radius 1 is 1.03 bits per heavy atom. The molecule has 2 bridgehead atoms. The first kappa shape index (κ1) is 22.8. The lowest BCUT2D eigenvalue weighted by atomic mass is 10.1. The number of amides is 1. The van der Waals surface area contributed by atoms with Crippen molar-refractivity contribution in [3.63, 3.8) is 0 Å². The number of aryl methyl sites for hydroxylation is 2. The number of thioether (sulfide) groups is 1. The number of rotatable bonds is 3. The number of aromatic nitrogens is 3. The Labute approximate surface area is 196 Å². The number of hydrogen-bond acceptors (Lipinski definition) is 4. The summed E-state index contributed by atoms with van der Waals surface area (Å²) >= 11 is 7.75. The lowest BCUT2D eigenvalue weighted by molar-refractivity contribution is -0.121. The third-order valence-electron chi connectivity index (χ3n) is 5.57. The molecule has 0 unspecified atom stereocenters. The summed E-state index contributed by atoms with van der Waals surface area (Å²) in [6, 6.07) is 13.0. The molecule has 1 aromatic heterocycles. The van der Waals surface area contributed by atoms with Gasteiger partial charge in [-0.25, -0.2) is 4.39 Å². The number of benzene rings is 2. The SMILES string of the molecule is O=C1CCCCc2nnc(SCc3ccc(F)cc3Cl)n2CCc2cccc(c2)CCN1. The maximum absolute atomic E-state index is 13.4. The van der Waals surface area contributed by atoms with Gasteiger partial charge in [0.25, 0.3) is 0 Å². The highest BCUT2D eigenvalue weighted by atomic mass is 35.5. The predicted octanol–water partition coefficient (Wildman–Crippen LogP) is 4.99. The van der Waals surface area contributed by atoms with Crippen LogP contribution in [0, 0.1) is 5.82 Å². The third-order valence-corrected chi connectivity index (χ3v) is 6.94. The molecule has 1 amide bonds. The summed E-state index contributed by atoms with van der Waals surface area (Å²) in [5.74, 6) is 1.29. The molecule has 0 spiro atoms. The topological polar surface area (TPSA) is 59.8 Å². The molecule has 0 fully saturated rings. The van der Waals surface area contributed by atoms with Gasteiger partial charge in [0.2, 0.25) is 5.91 Å². The van der Waals surface area contributed by atoms with Crippen LogP contribution in [0.4, 0.5) is 4.39 Å². The smallest absolute Gasteiger partial charge is 0.220 e. The molecule has 0 aliphatic carbocycles. The maximum atomic E-state index is 13.4. The fourth-order valence-corrected chi connectivity index (χ4v) is 5.10. The minimum Gasteiger partial charge on any atom is -0.356 e. The van der Waals surface area contributed by atoms with Crippen LogP contribution in [0.2, 0.25) is 5.02 Å². The summed E-state index contributed by atoms with van der Waals surface area (Å²) in [5, 5.41) is 13.1. The number of carbonyl (C=O) groups is 1. The van der Waals surface area contributed by atoms with Crippen molar-refractivity contribution in [2.75, 3.05) is 6.54 Å². The van der Waals surface area contributed by atoms with E-state index in [1.165, 1.54) is 23.3 Å². The summed E-state index contributed by atoms with van der Waals surface area (Å²) in [6.45, 7) is 1.45. The van der Waals surface area contributed by atoms with E-state index in [9.17, 15) is 9.18 Å². The van der Waals surface area contributed by atoms with E-state index in [0.29, 0.717) is 23.7 Å². The van der Waals surface area contributed by atoms with Crippen LogP contribution in [0.5, 0.6) is 0 Å². The highest BCUT2D eigenvalue weighted by Gasteiger charge is 2.15. The molecule has 1 aliphatic rings. The fraction of sp³-hybridized carbons (Fsp3) is 0.375. The van der Waals surface area contributed by atoms with E-state index in [0.717, 1.165) is 55.2 Å². The van der Waals surface area contributed by atoms with E-state index < -0.39 is 0 Å². The second kappa shape index (κ2) is 11.0. The Morgan fingerprint density at radius 3 is 2.69 bits per heavy atom. The average molecular weight is 473 g/mol. The van der Waals surface area contributed by atoms with Gasteiger partial charge in [0.1, 0.15) is 11.6 Å². The fourth-order valence-electron chi connectivity index (χ4n) is 3.80. The van der Waals surface area contributed by atoms with Crippen molar-refractivity contribution < 1.29 is 9.18 Å². The predicted molar refractivity (Wildman–Crippen MR) is 125 cm³/mol. The van der Waals surface area contributed by atoms with Crippen LogP contribution < -0.4 is 5.32 Å². The molecule has 32 heavy (non-hydrogen) atoms. The van der Waals surface area contributed by atoms with Crippen molar-refractivity contribution in [2.24, 2.45) is 0 Å². The second-order valence-electron chi connectivity index (χ2n) is 7.95. The lowest BCUT2D eigenvalue weighted by Crippen LogP contribution is -2.25. The number of halogens is 2. The van der Waals surface area contributed by atoms with E-state index in [-0.39, 0.29) is 11.7 Å².